The first-order valence-corrected chi connectivity index (χ1v) is 11.9. The molecule has 0 saturated carbocycles. The summed E-state index contributed by atoms with van der Waals surface area (Å²) in [6.45, 7) is 0.561. The van der Waals surface area contributed by atoms with E-state index in [0.29, 0.717) is 19.4 Å². The van der Waals surface area contributed by atoms with Gasteiger partial charge < -0.3 is 4.74 Å². The van der Waals surface area contributed by atoms with E-state index in [1.54, 1.807) is 0 Å². The fourth-order valence-corrected chi connectivity index (χ4v) is 4.13. The average molecular weight is 438 g/mol. The molecule has 0 heterocycles. The van der Waals surface area contributed by atoms with Gasteiger partial charge in [0.05, 0.1) is 13.4 Å². The number of rotatable bonds is 9. The fraction of sp³-hybridized carbons (Fsp3) is 0.240. The zero-order valence-electron chi connectivity index (χ0n) is 17.8. The Balaban J connectivity index is 1.72. The summed E-state index contributed by atoms with van der Waals surface area (Å²) < 4.78 is 31.0. The maximum Gasteiger partial charge on any atom is 0.305 e. The molecule has 0 fully saturated rings. The van der Waals surface area contributed by atoms with Crippen molar-refractivity contribution in [3.63, 3.8) is 0 Å². The van der Waals surface area contributed by atoms with Gasteiger partial charge in [-0.1, -0.05) is 78.9 Å². The topological polar surface area (TPSA) is 63.7 Å². The van der Waals surface area contributed by atoms with Crippen molar-refractivity contribution >= 4 is 16.0 Å². The predicted molar refractivity (Wildman–Crippen MR) is 123 cm³/mol. The second kappa shape index (κ2) is 10.4. The Morgan fingerprint density at radius 1 is 0.806 bits per heavy atom. The van der Waals surface area contributed by atoms with Gasteiger partial charge in [0, 0.05) is 19.5 Å². The number of hydrogen-bond donors (Lipinski definition) is 0. The van der Waals surface area contributed by atoms with Gasteiger partial charge in [0.15, 0.2) is 0 Å². The molecule has 0 radical (unpaired) electrons. The van der Waals surface area contributed by atoms with Crippen LogP contribution in [0.4, 0.5) is 0 Å². The lowest BCUT2D eigenvalue weighted by atomic mass is 10.0. The van der Waals surface area contributed by atoms with E-state index in [4.69, 9.17) is 0 Å². The number of sulfonamides is 1. The second-order valence-electron chi connectivity index (χ2n) is 7.49. The highest BCUT2D eigenvalue weighted by Gasteiger charge is 2.18. The highest BCUT2D eigenvalue weighted by atomic mass is 32.2. The highest BCUT2D eigenvalue weighted by Crippen LogP contribution is 2.21. The molecule has 0 N–H and O–H groups in total. The van der Waals surface area contributed by atoms with E-state index in [2.05, 4.69) is 4.74 Å². The molecule has 6 heteroatoms. The fourth-order valence-electron chi connectivity index (χ4n) is 3.36. The quantitative estimate of drug-likeness (QED) is 0.465. The minimum absolute atomic E-state index is 0.262. The molecule has 0 unspecified atom stereocenters. The summed E-state index contributed by atoms with van der Waals surface area (Å²) in [7, 11) is -2.04. The lowest BCUT2D eigenvalue weighted by molar-refractivity contribution is -0.140. The molecule has 0 bridgehead atoms. The molecule has 3 aromatic rings. The molecule has 3 rings (SSSR count). The molecule has 0 aliphatic heterocycles. The Morgan fingerprint density at radius 2 is 1.42 bits per heavy atom. The molecule has 5 nitrogen and oxygen atoms in total. The first-order chi connectivity index (χ1) is 14.8. The van der Waals surface area contributed by atoms with Gasteiger partial charge in [-0.2, -0.15) is 4.31 Å². The molecule has 31 heavy (non-hydrogen) atoms. The lowest BCUT2D eigenvalue weighted by Gasteiger charge is -2.21. The molecule has 3 aromatic carbocycles. The molecule has 0 aliphatic carbocycles. The molecule has 0 aliphatic rings. The summed E-state index contributed by atoms with van der Waals surface area (Å²) in [5.41, 5.74) is 5.00. The third-order valence-electron chi connectivity index (χ3n) is 5.08. The standard InChI is InChI=1S/C25H27NO4S/c1-30-25(27)16-13-20-7-6-8-22(17-20)19-26(31(2,28)29)18-21-11-14-24(15-12-21)23-9-4-3-5-10-23/h3-12,14-15,17H,13,16,18-19H2,1-2H3. The van der Waals surface area contributed by atoms with Gasteiger partial charge in [-0.05, 0) is 34.2 Å². The molecule has 162 valence electrons. The van der Waals surface area contributed by atoms with Crippen LogP contribution in [0, 0.1) is 0 Å². The number of esters is 1. The van der Waals surface area contributed by atoms with E-state index in [1.807, 2.05) is 78.9 Å². The monoisotopic (exact) mass is 437 g/mol. The summed E-state index contributed by atoms with van der Waals surface area (Å²) in [4.78, 5) is 11.4. The normalized spacial score (nSPS) is 11.5. The van der Waals surface area contributed by atoms with Gasteiger partial charge in [-0.3, -0.25) is 4.79 Å². The van der Waals surface area contributed by atoms with E-state index in [-0.39, 0.29) is 12.5 Å². The number of hydrogen-bond acceptors (Lipinski definition) is 4. The predicted octanol–water partition coefficient (Wildman–Crippen LogP) is 4.42. The molecular weight excluding hydrogens is 410 g/mol. The number of carbonyl (C=O) groups is 1. The van der Waals surface area contributed by atoms with Crippen LogP contribution in [-0.2, 0) is 39.1 Å². The van der Waals surface area contributed by atoms with Crippen LogP contribution in [0.5, 0.6) is 0 Å². The summed E-state index contributed by atoms with van der Waals surface area (Å²) in [6.07, 6.45) is 2.08. The highest BCUT2D eigenvalue weighted by molar-refractivity contribution is 7.88. The average Bonchev–Trinajstić information content (AvgIpc) is 2.78. The third-order valence-corrected chi connectivity index (χ3v) is 6.28. The molecule has 0 saturated heterocycles. The SMILES string of the molecule is COC(=O)CCc1cccc(CN(Cc2ccc(-c3ccccc3)cc2)S(C)(=O)=O)c1. The molecular formula is C25H27NO4S. The Kier molecular flexibility index (Phi) is 7.60. The van der Waals surface area contributed by atoms with Gasteiger partial charge in [-0.25, -0.2) is 8.42 Å². The first kappa shape index (κ1) is 22.7. The van der Waals surface area contributed by atoms with Gasteiger partial charge in [0.1, 0.15) is 0 Å². The zero-order valence-corrected chi connectivity index (χ0v) is 18.6. The van der Waals surface area contributed by atoms with E-state index < -0.39 is 10.0 Å². The third kappa shape index (κ3) is 6.77. The Morgan fingerprint density at radius 3 is 2.06 bits per heavy atom. The number of carbonyl (C=O) groups excluding carboxylic acids is 1. The number of methoxy groups -OCH3 is 1. The number of ether oxygens (including phenoxy) is 1. The van der Waals surface area contributed by atoms with Gasteiger partial charge in [0.25, 0.3) is 0 Å². The molecule has 0 amide bonds. The van der Waals surface area contributed by atoms with Crippen LogP contribution in [-0.4, -0.2) is 32.1 Å². The van der Waals surface area contributed by atoms with Crippen LogP contribution in [0.25, 0.3) is 11.1 Å². The summed E-state index contributed by atoms with van der Waals surface area (Å²) in [6, 6.07) is 25.7. The maximum atomic E-state index is 12.4. The van der Waals surface area contributed by atoms with Gasteiger partial charge >= 0.3 is 5.97 Å². The number of aryl methyl sites for hydroxylation is 1. The van der Waals surface area contributed by atoms with E-state index in [9.17, 15) is 13.2 Å². The van der Waals surface area contributed by atoms with Crippen LogP contribution in [0.2, 0.25) is 0 Å². The summed E-state index contributed by atoms with van der Waals surface area (Å²) in [5, 5.41) is 0. The van der Waals surface area contributed by atoms with Crippen LogP contribution >= 0.6 is 0 Å². The van der Waals surface area contributed by atoms with E-state index in [0.717, 1.165) is 27.8 Å². The molecule has 0 aromatic heterocycles. The Labute approximate surface area is 184 Å². The second-order valence-corrected chi connectivity index (χ2v) is 9.47. The van der Waals surface area contributed by atoms with Crippen LogP contribution in [0.1, 0.15) is 23.1 Å². The minimum Gasteiger partial charge on any atom is -0.469 e. The Bertz CT molecular complexity index is 1110. The van der Waals surface area contributed by atoms with E-state index in [1.165, 1.54) is 17.7 Å². The van der Waals surface area contributed by atoms with Crippen LogP contribution < -0.4 is 0 Å². The summed E-state index contributed by atoms with van der Waals surface area (Å²) in [5.74, 6) is -0.262. The van der Waals surface area contributed by atoms with Crippen LogP contribution in [0.15, 0.2) is 78.9 Å². The summed E-state index contributed by atoms with van der Waals surface area (Å²) >= 11 is 0. The Hall–Kier alpha value is -2.96. The number of nitrogens with zero attached hydrogens (tertiary/aromatic N) is 1. The van der Waals surface area contributed by atoms with Crippen molar-refractivity contribution in [1.29, 1.82) is 0 Å². The van der Waals surface area contributed by atoms with Crippen molar-refractivity contribution in [2.45, 2.75) is 25.9 Å². The van der Waals surface area contributed by atoms with Crippen molar-refractivity contribution in [1.82, 2.24) is 4.31 Å². The van der Waals surface area contributed by atoms with Crippen molar-refractivity contribution in [3.05, 3.63) is 95.6 Å². The van der Waals surface area contributed by atoms with Gasteiger partial charge in [-0.15, -0.1) is 0 Å². The van der Waals surface area contributed by atoms with E-state index >= 15 is 0 Å². The van der Waals surface area contributed by atoms with Crippen LogP contribution in [0.3, 0.4) is 0 Å². The smallest absolute Gasteiger partial charge is 0.305 e. The lowest BCUT2D eigenvalue weighted by Crippen LogP contribution is -2.29. The maximum absolute atomic E-state index is 12.4. The largest absolute Gasteiger partial charge is 0.469 e. The van der Waals surface area contributed by atoms with Gasteiger partial charge in [0.2, 0.25) is 10.0 Å². The first-order valence-electron chi connectivity index (χ1n) is 10.1. The zero-order chi connectivity index (χ0) is 22.3. The van der Waals surface area contributed by atoms with Crippen molar-refractivity contribution in [2.75, 3.05) is 13.4 Å². The minimum atomic E-state index is -3.41. The van der Waals surface area contributed by atoms with Crippen molar-refractivity contribution < 1.29 is 17.9 Å². The van der Waals surface area contributed by atoms with Crippen molar-refractivity contribution in [2.24, 2.45) is 0 Å². The molecule has 0 atom stereocenters. The number of benzene rings is 3. The van der Waals surface area contributed by atoms with Crippen molar-refractivity contribution in [3.8, 4) is 11.1 Å². The molecule has 0 spiro atoms.